The summed E-state index contributed by atoms with van der Waals surface area (Å²) >= 11 is 0. The molecule has 2 heterocycles. The molecule has 0 aliphatic rings. The van der Waals surface area contributed by atoms with Crippen molar-refractivity contribution in [3.8, 4) is 5.75 Å². The molecule has 0 saturated carbocycles. The average molecular weight is 285 g/mol. The first-order chi connectivity index (χ1) is 10.1. The van der Waals surface area contributed by atoms with Gasteiger partial charge in [0.2, 0.25) is 0 Å². The molecule has 0 aromatic carbocycles. The van der Waals surface area contributed by atoms with Crippen LogP contribution in [-0.2, 0) is 13.0 Å². The van der Waals surface area contributed by atoms with Crippen molar-refractivity contribution in [2.75, 3.05) is 6.61 Å². The molecule has 1 N–H and O–H groups in total. The van der Waals surface area contributed by atoms with E-state index in [1.54, 1.807) is 6.20 Å². The number of nitrogens with zero attached hydrogens (tertiary/aromatic N) is 2. The van der Waals surface area contributed by atoms with Gasteiger partial charge in [-0.2, -0.15) is 0 Å². The summed E-state index contributed by atoms with van der Waals surface area (Å²) in [7, 11) is 0. The molecule has 0 spiro atoms. The zero-order valence-corrected chi connectivity index (χ0v) is 13.0. The fourth-order valence-corrected chi connectivity index (χ4v) is 1.97. The Balaban J connectivity index is 1.95. The van der Waals surface area contributed by atoms with Crippen LogP contribution in [0, 0.1) is 6.92 Å². The molecule has 0 unspecified atom stereocenters. The number of pyridine rings is 2. The Morgan fingerprint density at radius 1 is 1.19 bits per heavy atom. The minimum Gasteiger partial charge on any atom is -0.491 e. The smallest absolute Gasteiger partial charge is 0.142 e. The summed E-state index contributed by atoms with van der Waals surface area (Å²) < 4.78 is 5.89. The second-order valence-corrected chi connectivity index (χ2v) is 5.35. The molecule has 2 aromatic heterocycles. The van der Waals surface area contributed by atoms with Gasteiger partial charge in [0.15, 0.2) is 0 Å². The summed E-state index contributed by atoms with van der Waals surface area (Å²) in [5, 5.41) is 3.38. The highest BCUT2D eigenvalue weighted by molar-refractivity contribution is 5.29. The number of hydrogen-bond acceptors (Lipinski definition) is 4. The molecule has 0 aliphatic carbocycles. The SMILES string of the molecule is Cc1ccc(OCCc2ccccn2)c(CNC(C)C)n1. The fraction of sp³-hybridized carbons (Fsp3) is 0.412. The van der Waals surface area contributed by atoms with E-state index in [1.807, 2.05) is 37.3 Å². The van der Waals surface area contributed by atoms with Gasteiger partial charge in [0.05, 0.1) is 12.3 Å². The summed E-state index contributed by atoms with van der Waals surface area (Å²) in [5.41, 5.74) is 3.01. The summed E-state index contributed by atoms with van der Waals surface area (Å²) in [5.74, 6) is 0.852. The number of aromatic nitrogens is 2. The van der Waals surface area contributed by atoms with Gasteiger partial charge in [0.25, 0.3) is 0 Å². The Labute approximate surface area is 126 Å². The average Bonchev–Trinajstić information content (AvgIpc) is 2.48. The molecule has 2 rings (SSSR count). The van der Waals surface area contributed by atoms with Crippen molar-refractivity contribution in [2.24, 2.45) is 0 Å². The molecule has 2 aromatic rings. The third kappa shape index (κ3) is 5.16. The Morgan fingerprint density at radius 3 is 2.76 bits per heavy atom. The van der Waals surface area contributed by atoms with Crippen LogP contribution in [0.4, 0.5) is 0 Å². The van der Waals surface area contributed by atoms with E-state index in [0.29, 0.717) is 12.6 Å². The molecule has 0 amide bonds. The van der Waals surface area contributed by atoms with Crippen LogP contribution in [0.25, 0.3) is 0 Å². The molecular weight excluding hydrogens is 262 g/mol. The minimum atomic E-state index is 0.425. The maximum Gasteiger partial charge on any atom is 0.142 e. The van der Waals surface area contributed by atoms with Crippen LogP contribution < -0.4 is 10.1 Å². The van der Waals surface area contributed by atoms with Gasteiger partial charge >= 0.3 is 0 Å². The third-order valence-electron chi connectivity index (χ3n) is 3.09. The fourth-order valence-electron chi connectivity index (χ4n) is 1.97. The second kappa shape index (κ2) is 7.74. The first-order valence-corrected chi connectivity index (χ1v) is 7.38. The number of rotatable bonds is 7. The Kier molecular flexibility index (Phi) is 5.69. The van der Waals surface area contributed by atoms with Gasteiger partial charge in [0, 0.05) is 36.6 Å². The molecule has 112 valence electrons. The monoisotopic (exact) mass is 285 g/mol. The van der Waals surface area contributed by atoms with Crippen LogP contribution in [0.2, 0.25) is 0 Å². The van der Waals surface area contributed by atoms with E-state index in [0.717, 1.165) is 35.8 Å². The molecule has 0 aliphatic heterocycles. The third-order valence-corrected chi connectivity index (χ3v) is 3.09. The van der Waals surface area contributed by atoms with E-state index in [2.05, 4.69) is 29.1 Å². The number of hydrogen-bond donors (Lipinski definition) is 1. The van der Waals surface area contributed by atoms with Crippen molar-refractivity contribution in [2.45, 2.75) is 39.8 Å². The summed E-state index contributed by atoms with van der Waals surface area (Å²) in [6.07, 6.45) is 2.60. The summed E-state index contributed by atoms with van der Waals surface area (Å²) in [6, 6.07) is 10.3. The van der Waals surface area contributed by atoms with Gasteiger partial charge in [-0.3, -0.25) is 9.97 Å². The van der Waals surface area contributed by atoms with Gasteiger partial charge in [0.1, 0.15) is 5.75 Å². The lowest BCUT2D eigenvalue weighted by atomic mass is 10.2. The lowest BCUT2D eigenvalue weighted by Crippen LogP contribution is -2.23. The number of ether oxygens (including phenoxy) is 1. The lowest BCUT2D eigenvalue weighted by Gasteiger charge is -2.13. The molecule has 0 fully saturated rings. The molecule has 0 atom stereocenters. The second-order valence-electron chi connectivity index (χ2n) is 5.35. The first-order valence-electron chi connectivity index (χ1n) is 7.38. The van der Waals surface area contributed by atoms with Gasteiger partial charge in [-0.15, -0.1) is 0 Å². The first kappa shape index (κ1) is 15.4. The van der Waals surface area contributed by atoms with E-state index in [4.69, 9.17) is 4.74 Å². The minimum absolute atomic E-state index is 0.425. The molecule has 0 saturated heterocycles. The quantitative estimate of drug-likeness (QED) is 0.849. The van der Waals surface area contributed by atoms with Crippen LogP contribution in [0.1, 0.15) is 30.9 Å². The summed E-state index contributed by atoms with van der Waals surface area (Å²) in [4.78, 5) is 8.87. The Bertz CT molecular complexity index is 555. The normalized spacial score (nSPS) is 10.9. The van der Waals surface area contributed by atoms with E-state index in [1.165, 1.54) is 0 Å². The van der Waals surface area contributed by atoms with Crippen LogP contribution >= 0.6 is 0 Å². The van der Waals surface area contributed by atoms with Crippen molar-refractivity contribution < 1.29 is 4.74 Å². The predicted molar refractivity (Wildman–Crippen MR) is 84.4 cm³/mol. The Hall–Kier alpha value is -1.94. The standard InChI is InChI=1S/C17H23N3O/c1-13(2)19-12-16-17(8-7-14(3)20-16)21-11-9-15-6-4-5-10-18-15/h4-8,10,13,19H,9,11-12H2,1-3H3. The number of aryl methyl sites for hydroxylation is 1. The van der Waals surface area contributed by atoms with E-state index >= 15 is 0 Å². The maximum atomic E-state index is 5.89. The lowest BCUT2D eigenvalue weighted by molar-refractivity contribution is 0.313. The maximum absolute atomic E-state index is 5.89. The highest BCUT2D eigenvalue weighted by Gasteiger charge is 2.07. The van der Waals surface area contributed by atoms with Crippen molar-refractivity contribution in [3.63, 3.8) is 0 Å². The summed E-state index contributed by atoms with van der Waals surface area (Å²) in [6.45, 7) is 7.57. The molecule has 21 heavy (non-hydrogen) atoms. The highest BCUT2D eigenvalue weighted by atomic mass is 16.5. The van der Waals surface area contributed by atoms with Gasteiger partial charge in [-0.05, 0) is 31.2 Å². The van der Waals surface area contributed by atoms with Crippen LogP contribution in [0.3, 0.4) is 0 Å². The van der Waals surface area contributed by atoms with Crippen LogP contribution in [0.15, 0.2) is 36.5 Å². The molecule has 0 bridgehead atoms. The zero-order chi connectivity index (χ0) is 15.1. The van der Waals surface area contributed by atoms with Crippen LogP contribution in [-0.4, -0.2) is 22.6 Å². The molecule has 4 nitrogen and oxygen atoms in total. The van der Waals surface area contributed by atoms with Crippen molar-refractivity contribution in [1.82, 2.24) is 15.3 Å². The van der Waals surface area contributed by atoms with Gasteiger partial charge in [-0.1, -0.05) is 19.9 Å². The molecule has 0 radical (unpaired) electrons. The zero-order valence-electron chi connectivity index (χ0n) is 13.0. The van der Waals surface area contributed by atoms with Crippen LogP contribution in [0.5, 0.6) is 5.75 Å². The van der Waals surface area contributed by atoms with Crippen molar-refractivity contribution >= 4 is 0 Å². The number of nitrogens with one attached hydrogen (secondary N) is 1. The van der Waals surface area contributed by atoms with Gasteiger partial charge < -0.3 is 10.1 Å². The highest BCUT2D eigenvalue weighted by Crippen LogP contribution is 2.17. The van der Waals surface area contributed by atoms with Gasteiger partial charge in [-0.25, -0.2) is 0 Å². The largest absolute Gasteiger partial charge is 0.491 e. The van der Waals surface area contributed by atoms with Crippen molar-refractivity contribution in [3.05, 3.63) is 53.6 Å². The topological polar surface area (TPSA) is 47.0 Å². The van der Waals surface area contributed by atoms with E-state index in [9.17, 15) is 0 Å². The van der Waals surface area contributed by atoms with Crippen molar-refractivity contribution in [1.29, 1.82) is 0 Å². The molecular formula is C17H23N3O. The predicted octanol–water partition coefficient (Wildman–Crippen LogP) is 2.90. The van der Waals surface area contributed by atoms with E-state index in [-0.39, 0.29) is 0 Å². The van der Waals surface area contributed by atoms with E-state index < -0.39 is 0 Å². The Morgan fingerprint density at radius 2 is 2.05 bits per heavy atom. The molecule has 4 heteroatoms.